The Balaban J connectivity index is 1.96. The summed E-state index contributed by atoms with van der Waals surface area (Å²) >= 11 is 0. The van der Waals surface area contributed by atoms with Crippen LogP contribution in [0.3, 0.4) is 0 Å². The van der Waals surface area contributed by atoms with E-state index in [2.05, 4.69) is 25.8 Å². The van der Waals surface area contributed by atoms with Crippen LogP contribution in [0.25, 0.3) is 0 Å². The molecular formula is C14H19N5O2. The topological polar surface area (TPSA) is 92.9 Å². The highest BCUT2D eigenvalue weighted by Gasteiger charge is 2.10. The van der Waals surface area contributed by atoms with Crippen LogP contribution in [0.4, 0.5) is 5.82 Å². The Hall–Kier alpha value is -2.44. The zero-order chi connectivity index (χ0) is 15.2. The van der Waals surface area contributed by atoms with Gasteiger partial charge in [-0.1, -0.05) is 12.1 Å². The number of nitrogens with zero attached hydrogens (tertiary/aromatic N) is 3. The van der Waals surface area contributed by atoms with E-state index in [-0.39, 0.29) is 5.91 Å². The molecule has 112 valence electrons. The first-order valence-corrected chi connectivity index (χ1v) is 6.88. The largest absolute Gasteiger partial charge is 0.373 e. The molecule has 0 spiro atoms. The summed E-state index contributed by atoms with van der Waals surface area (Å²) in [6.45, 7) is 4.20. The van der Waals surface area contributed by atoms with Gasteiger partial charge in [0.25, 0.3) is 5.91 Å². The van der Waals surface area contributed by atoms with Crippen LogP contribution in [0.15, 0.2) is 16.7 Å². The van der Waals surface area contributed by atoms with E-state index in [1.54, 1.807) is 26.1 Å². The number of hydrogen-bond donors (Lipinski definition) is 2. The van der Waals surface area contributed by atoms with Gasteiger partial charge in [-0.05, 0) is 25.5 Å². The molecule has 0 saturated carbocycles. The summed E-state index contributed by atoms with van der Waals surface area (Å²) in [5.41, 5.74) is 1.47. The number of carbonyl (C=O) groups excluding carboxylic acids is 1. The fourth-order valence-corrected chi connectivity index (χ4v) is 1.85. The first-order chi connectivity index (χ1) is 10.1. The number of anilines is 1. The van der Waals surface area contributed by atoms with E-state index in [1.807, 2.05) is 6.92 Å². The molecule has 21 heavy (non-hydrogen) atoms. The maximum Gasteiger partial charge on any atom is 0.251 e. The van der Waals surface area contributed by atoms with Crippen molar-refractivity contribution in [2.24, 2.45) is 0 Å². The average molecular weight is 289 g/mol. The van der Waals surface area contributed by atoms with Crippen LogP contribution in [0, 0.1) is 6.92 Å². The smallest absolute Gasteiger partial charge is 0.251 e. The Morgan fingerprint density at radius 1 is 1.33 bits per heavy atom. The number of pyridine rings is 1. The molecule has 7 nitrogen and oxygen atoms in total. The lowest BCUT2D eigenvalue weighted by molar-refractivity contribution is 0.0953. The predicted octanol–water partition coefficient (Wildman–Crippen LogP) is 1.35. The van der Waals surface area contributed by atoms with E-state index in [0.29, 0.717) is 36.1 Å². The molecule has 0 fully saturated rings. The molecule has 7 heteroatoms. The van der Waals surface area contributed by atoms with Crippen LogP contribution in [-0.2, 0) is 12.8 Å². The normalized spacial score (nSPS) is 10.4. The second-order valence-corrected chi connectivity index (χ2v) is 4.58. The fraction of sp³-hybridized carbons (Fsp3) is 0.429. The quantitative estimate of drug-likeness (QED) is 0.834. The number of aromatic nitrogens is 3. The molecule has 1 amide bonds. The highest BCUT2D eigenvalue weighted by Crippen LogP contribution is 2.10. The van der Waals surface area contributed by atoms with Gasteiger partial charge in [-0.25, -0.2) is 4.98 Å². The SMILES string of the molecule is CCc1cc(C(=O)NCCc2nc(C)no2)cc(NC)n1. The van der Waals surface area contributed by atoms with Gasteiger partial charge >= 0.3 is 0 Å². The monoisotopic (exact) mass is 289 g/mol. The van der Waals surface area contributed by atoms with Crippen LogP contribution >= 0.6 is 0 Å². The van der Waals surface area contributed by atoms with Crippen molar-refractivity contribution in [3.63, 3.8) is 0 Å². The minimum atomic E-state index is -0.139. The van der Waals surface area contributed by atoms with E-state index >= 15 is 0 Å². The van der Waals surface area contributed by atoms with Gasteiger partial charge < -0.3 is 15.2 Å². The van der Waals surface area contributed by atoms with Gasteiger partial charge in [-0.2, -0.15) is 4.98 Å². The molecule has 0 saturated heterocycles. The molecule has 0 aliphatic rings. The van der Waals surface area contributed by atoms with E-state index in [4.69, 9.17) is 4.52 Å². The second kappa shape index (κ2) is 6.83. The van der Waals surface area contributed by atoms with Gasteiger partial charge in [-0.15, -0.1) is 0 Å². The third kappa shape index (κ3) is 4.01. The summed E-state index contributed by atoms with van der Waals surface area (Å²) in [5.74, 6) is 1.66. The second-order valence-electron chi connectivity index (χ2n) is 4.58. The van der Waals surface area contributed by atoms with Crippen LogP contribution in [0.1, 0.15) is 34.7 Å². The van der Waals surface area contributed by atoms with E-state index < -0.39 is 0 Å². The lowest BCUT2D eigenvalue weighted by Gasteiger charge is -2.08. The van der Waals surface area contributed by atoms with Gasteiger partial charge in [0.05, 0.1) is 0 Å². The Kier molecular flexibility index (Phi) is 4.86. The Morgan fingerprint density at radius 3 is 2.76 bits per heavy atom. The number of amides is 1. The van der Waals surface area contributed by atoms with Crippen molar-refractivity contribution >= 4 is 11.7 Å². The van der Waals surface area contributed by atoms with Crippen LogP contribution in [0.2, 0.25) is 0 Å². The van der Waals surface area contributed by atoms with Crippen LogP contribution < -0.4 is 10.6 Å². The van der Waals surface area contributed by atoms with Crippen molar-refractivity contribution in [1.82, 2.24) is 20.4 Å². The Morgan fingerprint density at radius 2 is 2.14 bits per heavy atom. The number of carbonyl (C=O) groups is 1. The van der Waals surface area contributed by atoms with Crippen molar-refractivity contribution in [2.45, 2.75) is 26.7 Å². The van der Waals surface area contributed by atoms with Gasteiger partial charge in [0, 0.05) is 31.3 Å². The summed E-state index contributed by atoms with van der Waals surface area (Å²) in [4.78, 5) is 20.6. The van der Waals surface area contributed by atoms with Gasteiger partial charge in [-0.3, -0.25) is 4.79 Å². The van der Waals surface area contributed by atoms with Gasteiger partial charge in [0.1, 0.15) is 5.82 Å². The number of nitrogens with one attached hydrogen (secondary N) is 2. The Bertz CT molecular complexity index is 601. The molecular weight excluding hydrogens is 270 g/mol. The molecule has 2 aromatic rings. The van der Waals surface area contributed by atoms with Crippen molar-refractivity contribution in [2.75, 3.05) is 18.9 Å². The minimum absolute atomic E-state index is 0.139. The van der Waals surface area contributed by atoms with Crippen LogP contribution in [-0.4, -0.2) is 34.6 Å². The predicted molar refractivity (Wildman–Crippen MR) is 78.2 cm³/mol. The zero-order valence-corrected chi connectivity index (χ0v) is 12.4. The van der Waals surface area contributed by atoms with Gasteiger partial charge in [0.15, 0.2) is 5.82 Å². The maximum atomic E-state index is 12.1. The van der Waals surface area contributed by atoms with Crippen molar-refractivity contribution < 1.29 is 9.32 Å². The first kappa shape index (κ1) is 15.0. The summed E-state index contributed by atoms with van der Waals surface area (Å²) in [7, 11) is 1.78. The van der Waals surface area contributed by atoms with Crippen LogP contribution in [0.5, 0.6) is 0 Å². The molecule has 2 rings (SSSR count). The molecule has 0 aliphatic heterocycles. The Labute approximate surface area is 123 Å². The summed E-state index contributed by atoms with van der Waals surface area (Å²) < 4.78 is 4.99. The van der Waals surface area contributed by atoms with E-state index in [9.17, 15) is 4.79 Å². The van der Waals surface area contributed by atoms with Gasteiger partial charge in [0.2, 0.25) is 5.89 Å². The summed E-state index contributed by atoms with van der Waals surface area (Å²) in [6, 6.07) is 3.53. The maximum absolute atomic E-state index is 12.1. The molecule has 0 atom stereocenters. The van der Waals surface area contributed by atoms with Crippen molar-refractivity contribution in [3.05, 3.63) is 35.1 Å². The third-order valence-electron chi connectivity index (χ3n) is 2.95. The zero-order valence-electron chi connectivity index (χ0n) is 12.4. The molecule has 0 aliphatic carbocycles. The molecule has 2 N–H and O–H groups in total. The molecule has 0 unspecified atom stereocenters. The molecule has 2 aromatic heterocycles. The lowest BCUT2D eigenvalue weighted by atomic mass is 10.2. The minimum Gasteiger partial charge on any atom is -0.373 e. The average Bonchev–Trinajstić information content (AvgIpc) is 2.92. The van der Waals surface area contributed by atoms with Crippen molar-refractivity contribution in [1.29, 1.82) is 0 Å². The summed E-state index contributed by atoms with van der Waals surface area (Å²) in [6.07, 6.45) is 1.29. The standard InChI is InChI=1S/C14H19N5O2/c1-4-11-7-10(8-12(15-3)18-11)14(20)16-6-5-13-17-9(2)19-21-13/h7-8H,4-6H2,1-3H3,(H,15,18)(H,16,20). The van der Waals surface area contributed by atoms with E-state index in [1.165, 1.54) is 0 Å². The molecule has 2 heterocycles. The lowest BCUT2D eigenvalue weighted by Crippen LogP contribution is -2.26. The number of aryl methyl sites for hydroxylation is 2. The highest BCUT2D eigenvalue weighted by molar-refractivity contribution is 5.95. The fourth-order valence-electron chi connectivity index (χ4n) is 1.85. The summed E-state index contributed by atoms with van der Waals surface area (Å²) in [5, 5.41) is 9.50. The van der Waals surface area contributed by atoms with Crippen molar-refractivity contribution in [3.8, 4) is 0 Å². The number of hydrogen-bond acceptors (Lipinski definition) is 6. The van der Waals surface area contributed by atoms with E-state index in [0.717, 1.165) is 12.1 Å². The number of rotatable bonds is 6. The molecule has 0 bridgehead atoms. The molecule has 0 aromatic carbocycles. The molecule has 0 radical (unpaired) electrons. The first-order valence-electron chi connectivity index (χ1n) is 6.88. The third-order valence-corrected chi connectivity index (χ3v) is 2.95. The highest BCUT2D eigenvalue weighted by atomic mass is 16.5.